The molecule has 0 unspecified atom stereocenters. The summed E-state index contributed by atoms with van der Waals surface area (Å²) in [5.74, 6) is 1.07. The van der Waals surface area contributed by atoms with Gasteiger partial charge in [0.05, 0.1) is 5.75 Å². The van der Waals surface area contributed by atoms with Crippen molar-refractivity contribution in [1.29, 1.82) is 0 Å². The van der Waals surface area contributed by atoms with Crippen molar-refractivity contribution in [2.45, 2.75) is 43.8 Å². The van der Waals surface area contributed by atoms with Crippen LogP contribution in [0.2, 0.25) is 5.02 Å². The molecule has 27 heavy (non-hydrogen) atoms. The van der Waals surface area contributed by atoms with E-state index in [-0.39, 0.29) is 11.7 Å². The second-order valence-corrected chi connectivity index (χ2v) is 8.63. The standard InChI is InChI=1S/C21H24ClNO3S/c22-19-9-11-20(12-10-19)23-21(24)13-15-1-5-17(6-2-15)18-7-3-16(4-8-18)14-27(25)26/h3-4,7-12,15,17,27H,1-2,5-6,13-14H2,(H,23,24). The van der Waals surface area contributed by atoms with Crippen molar-refractivity contribution < 1.29 is 13.2 Å². The minimum Gasteiger partial charge on any atom is -0.326 e. The van der Waals surface area contributed by atoms with Crippen molar-refractivity contribution in [2.24, 2.45) is 5.92 Å². The summed E-state index contributed by atoms with van der Waals surface area (Å²) >= 11 is 5.86. The average molecular weight is 406 g/mol. The molecule has 6 heteroatoms. The summed E-state index contributed by atoms with van der Waals surface area (Å²) < 4.78 is 21.6. The zero-order chi connectivity index (χ0) is 19.2. The zero-order valence-corrected chi connectivity index (χ0v) is 16.7. The van der Waals surface area contributed by atoms with Crippen LogP contribution in [0.5, 0.6) is 0 Å². The molecule has 1 fully saturated rings. The second-order valence-electron chi connectivity index (χ2n) is 7.21. The van der Waals surface area contributed by atoms with E-state index in [2.05, 4.69) is 5.32 Å². The highest BCUT2D eigenvalue weighted by atomic mass is 35.5. The van der Waals surface area contributed by atoms with Crippen molar-refractivity contribution in [3.63, 3.8) is 0 Å². The third-order valence-corrected chi connectivity index (χ3v) is 6.09. The molecule has 0 aliphatic heterocycles. The van der Waals surface area contributed by atoms with Crippen LogP contribution < -0.4 is 5.32 Å². The van der Waals surface area contributed by atoms with Crippen LogP contribution in [0.3, 0.4) is 0 Å². The fraction of sp³-hybridized carbons (Fsp3) is 0.381. The van der Waals surface area contributed by atoms with Gasteiger partial charge in [0.15, 0.2) is 0 Å². The first kappa shape index (κ1) is 19.9. The molecule has 1 aliphatic rings. The molecule has 0 bridgehead atoms. The van der Waals surface area contributed by atoms with E-state index in [1.54, 1.807) is 12.1 Å². The van der Waals surface area contributed by atoms with Crippen LogP contribution in [-0.4, -0.2) is 14.3 Å². The first-order valence-corrected chi connectivity index (χ1v) is 11.0. The lowest BCUT2D eigenvalue weighted by atomic mass is 9.77. The minimum atomic E-state index is -2.38. The Bertz CT molecular complexity index is 831. The van der Waals surface area contributed by atoms with Crippen LogP contribution in [0.1, 0.15) is 49.1 Å². The van der Waals surface area contributed by atoms with Gasteiger partial charge in [0.25, 0.3) is 0 Å². The van der Waals surface area contributed by atoms with Crippen LogP contribution >= 0.6 is 11.6 Å². The number of benzene rings is 2. The van der Waals surface area contributed by atoms with Gasteiger partial charge in [-0.15, -0.1) is 0 Å². The zero-order valence-electron chi connectivity index (χ0n) is 15.1. The first-order chi connectivity index (χ1) is 13.0. The van der Waals surface area contributed by atoms with Gasteiger partial charge in [0.2, 0.25) is 5.91 Å². The number of rotatable bonds is 6. The predicted octanol–water partition coefficient (Wildman–Crippen LogP) is 4.75. The van der Waals surface area contributed by atoms with E-state index in [0.717, 1.165) is 36.9 Å². The van der Waals surface area contributed by atoms with E-state index in [1.807, 2.05) is 36.4 Å². The minimum absolute atomic E-state index is 0.0526. The summed E-state index contributed by atoms with van der Waals surface area (Å²) in [4.78, 5) is 12.2. The Morgan fingerprint density at radius 1 is 0.963 bits per heavy atom. The summed E-state index contributed by atoms with van der Waals surface area (Å²) in [7, 11) is -2.38. The molecular formula is C21H24ClNO3S. The maximum atomic E-state index is 12.2. The van der Waals surface area contributed by atoms with Gasteiger partial charge in [-0.3, -0.25) is 4.79 Å². The van der Waals surface area contributed by atoms with E-state index in [0.29, 0.717) is 23.3 Å². The maximum absolute atomic E-state index is 12.2. The number of hydrogen-bond acceptors (Lipinski definition) is 3. The third kappa shape index (κ3) is 6.08. The average Bonchev–Trinajstić information content (AvgIpc) is 2.64. The highest BCUT2D eigenvalue weighted by molar-refractivity contribution is 7.71. The van der Waals surface area contributed by atoms with Crippen molar-refractivity contribution in [3.8, 4) is 0 Å². The Labute approximate surface area is 166 Å². The van der Waals surface area contributed by atoms with Gasteiger partial charge >= 0.3 is 0 Å². The van der Waals surface area contributed by atoms with Crippen molar-refractivity contribution in [1.82, 2.24) is 0 Å². The molecule has 0 spiro atoms. The number of thiol groups is 1. The number of carbonyl (C=O) groups is 1. The van der Waals surface area contributed by atoms with Crippen LogP contribution in [0.15, 0.2) is 48.5 Å². The Kier molecular flexibility index (Phi) is 6.91. The predicted molar refractivity (Wildman–Crippen MR) is 110 cm³/mol. The fourth-order valence-electron chi connectivity index (χ4n) is 3.75. The molecule has 144 valence electrons. The number of nitrogens with one attached hydrogen (secondary N) is 1. The van der Waals surface area contributed by atoms with Gasteiger partial charge in [0.1, 0.15) is 10.7 Å². The molecular weight excluding hydrogens is 382 g/mol. The monoisotopic (exact) mass is 405 g/mol. The van der Waals surface area contributed by atoms with Gasteiger partial charge in [-0.1, -0.05) is 35.9 Å². The normalized spacial score (nSPS) is 19.8. The van der Waals surface area contributed by atoms with Crippen LogP contribution in [-0.2, 0) is 21.3 Å². The largest absolute Gasteiger partial charge is 0.326 e. The molecule has 1 amide bonds. The SMILES string of the molecule is O=C(CC1CCC(c2ccc(C[SH](=O)=O)cc2)CC1)Nc1ccc(Cl)cc1. The molecule has 0 heterocycles. The van der Waals surface area contributed by atoms with Crippen molar-refractivity contribution in [2.75, 3.05) is 5.32 Å². The number of halogens is 1. The molecule has 2 aromatic rings. The molecule has 0 aromatic heterocycles. The summed E-state index contributed by atoms with van der Waals surface area (Å²) in [5.41, 5.74) is 2.88. The van der Waals surface area contributed by atoms with Crippen LogP contribution in [0, 0.1) is 5.92 Å². The molecule has 1 aliphatic carbocycles. The van der Waals surface area contributed by atoms with Crippen LogP contribution in [0.25, 0.3) is 0 Å². The first-order valence-electron chi connectivity index (χ1n) is 9.25. The number of hydrogen-bond donors (Lipinski definition) is 2. The maximum Gasteiger partial charge on any atom is 0.224 e. The second kappa shape index (κ2) is 9.38. The molecule has 3 rings (SSSR count). The molecule has 0 radical (unpaired) electrons. The molecule has 0 atom stereocenters. The quantitative estimate of drug-likeness (QED) is 0.681. The van der Waals surface area contributed by atoms with E-state index >= 15 is 0 Å². The number of carbonyl (C=O) groups excluding carboxylic acids is 1. The van der Waals surface area contributed by atoms with Gasteiger partial charge in [-0.25, -0.2) is 8.42 Å². The molecule has 1 saturated carbocycles. The highest BCUT2D eigenvalue weighted by Crippen LogP contribution is 2.37. The van der Waals surface area contributed by atoms with E-state index in [1.165, 1.54) is 5.56 Å². The van der Waals surface area contributed by atoms with Gasteiger partial charge < -0.3 is 5.32 Å². The summed E-state index contributed by atoms with van der Waals surface area (Å²) in [6.07, 6.45) is 4.74. The summed E-state index contributed by atoms with van der Waals surface area (Å²) in [6, 6.07) is 15.1. The highest BCUT2D eigenvalue weighted by Gasteiger charge is 2.24. The molecule has 2 aromatic carbocycles. The Hall–Kier alpha value is -1.85. The number of amides is 1. The third-order valence-electron chi connectivity index (χ3n) is 5.21. The van der Waals surface area contributed by atoms with E-state index in [9.17, 15) is 13.2 Å². The smallest absolute Gasteiger partial charge is 0.224 e. The van der Waals surface area contributed by atoms with Crippen molar-refractivity contribution >= 4 is 33.9 Å². The van der Waals surface area contributed by atoms with Crippen molar-refractivity contribution in [3.05, 3.63) is 64.7 Å². The summed E-state index contributed by atoms with van der Waals surface area (Å²) in [5, 5.41) is 3.59. The Morgan fingerprint density at radius 3 is 2.19 bits per heavy atom. The number of anilines is 1. The van der Waals surface area contributed by atoms with Crippen LogP contribution in [0.4, 0.5) is 5.69 Å². The van der Waals surface area contributed by atoms with Gasteiger partial charge in [-0.2, -0.15) is 0 Å². The molecule has 0 saturated heterocycles. The lowest BCUT2D eigenvalue weighted by molar-refractivity contribution is -0.117. The lowest BCUT2D eigenvalue weighted by Gasteiger charge is -2.28. The molecule has 1 N–H and O–H groups in total. The topological polar surface area (TPSA) is 63.2 Å². The fourth-order valence-corrected chi connectivity index (χ4v) is 4.39. The summed E-state index contributed by atoms with van der Waals surface area (Å²) in [6.45, 7) is 0. The molecule has 4 nitrogen and oxygen atoms in total. The van der Waals surface area contributed by atoms with Gasteiger partial charge in [0, 0.05) is 17.1 Å². The van der Waals surface area contributed by atoms with E-state index < -0.39 is 10.7 Å². The lowest BCUT2D eigenvalue weighted by Crippen LogP contribution is -2.20. The Balaban J connectivity index is 1.47. The van der Waals surface area contributed by atoms with Gasteiger partial charge in [-0.05, 0) is 72.9 Å². The van der Waals surface area contributed by atoms with E-state index in [4.69, 9.17) is 11.6 Å². The Morgan fingerprint density at radius 2 is 1.59 bits per heavy atom.